The second-order valence-corrected chi connectivity index (χ2v) is 5.15. The van der Waals surface area contributed by atoms with Crippen LogP contribution >= 0.6 is 15.9 Å². The fraction of sp³-hybridized carbons (Fsp3) is 0.143. The summed E-state index contributed by atoms with van der Waals surface area (Å²) in [7, 11) is 0. The van der Waals surface area contributed by atoms with E-state index >= 15 is 0 Å². The van der Waals surface area contributed by atoms with E-state index in [1.165, 1.54) is 12.1 Å². The van der Waals surface area contributed by atoms with Gasteiger partial charge in [0.2, 0.25) is 0 Å². The molecule has 5 heteroatoms. The standard InChI is InChI=1S/C14H13BrN2O2/c1-10-8-12(15)4-7-14(10)16-9-11-2-5-13(6-3-11)17(18)19/h2-8,16H,9H2,1H3. The molecule has 0 heterocycles. The van der Waals surface area contributed by atoms with Crippen LogP contribution in [0.15, 0.2) is 46.9 Å². The van der Waals surface area contributed by atoms with Crippen LogP contribution in [0, 0.1) is 17.0 Å². The van der Waals surface area contributed by atoms with Gasteiger partial charge in [0.1, 0.15) is 0 Å². The van der Waals surface area contributed by atoms with Gasteiger partial charge in [0.25, 0.3) is 5.69 Å². The summed E-state index contributed by atoms with van der Waals surface area (Å²) in [6, 6.07) is 12.6. The molecule has 0 spiro atoms. The van der Waals surface area contributed by atoms with Crippen molar-refractivity contribution in [1.29, 1.82) is 0 Å². The quantitative estimate of drug-likeness (QED) is 0.675. The van der Waals surface area contributed by atoms with Gasteiger partial charge in [0.15, 0.2) is 0 Å². The van der Waals surface area contributed by atoms with E-state index in [9.17, 15) is 10.1 Å². The minimum atomic E-state index is -0.393. The number of benzene rings is 2. The van der Waals surface area contributed by atoms with Crippen molar-refractivity contribution < 1.29 is 4.92 Å². The van der Waals surface area contributed by atoms with E-state index in [0.717, 1.165) is 21.3 Å². The minimum Gasteiger partial charge on any atom is -0.381 e. The normalized spacial score (nSPS) is 10.2. The summed E-state index contributed by atoms with van der Waals surface area (Å²) < 4.78 is 1.05. The predicted molar refractivity (Wildman–Crippen MR) is 79.3 cm³/mol. The largest absolute Gasteiger partial charge is 0.381 e. The van der Waals surface area contributed by atoms with Gasteiger partial charge in [-0.05, 0) is 36.2 Å². The Kier molecular flexibility index (Phi) is 4.16. The number of rotatable bonds is 4. The van der Waals surface area contributed by atoms with E-state index in [0.29, 0.717) is 6.54 Å². The highest BCUT2D eigenvalue weighted by Gasteiger charge is 2.04. The van der Waals surface area contributed by atoms with E-state index in [1.807, 2.05) is 25.1 Å². The average molecular weight is 321 g/mol. The van der Waals surface area contributed by atoms with Gasteiger partial charge in [-0.2, -0.15) is 0 Å². The topological polar surface area (TPSA) is 55.2 Å². The fourth-order valence-electron chi connectivity index (χ4n) is 1.76. The average Bonchev–Trinajstić information content (AvgIpc) is 2.38. The van der Waals surface area contributed by atoms with Crippen LogP contribution in [-0.2, 0) is 6.54 Å². The molecule has 0 aromatic heterocycles. The Labute approximate surface area is 119 Å². The first kappa shape index (κ1) is 13.5. The Balaban J connectivity index is 2.04. The molecule has 0 radical (unpaired) electrons. The third kappa shape index (κ3) is 3.54. The Morgan fingerprint density at radius 3 is 2.47 bits per heavy atom. The highest BCUT2D eigenvalue weighted by molar-refractivity contribution is 9.10. The van der Waals surface area contributed by atoms with Gasteiger partial charge in [-0.25, -0.2) is 0 Å². The van der Waals surface area contributed by atoms with Crippen LogP contribution in [0.2, 0.25) is 0 Å². The van der Waals surface area contributed by atoms with Crippen LogP contribution in [-0.4, -0.2) is 4.92 Å². The maximum atomic E-state index is 10.6. The van der Waals surface area contributed by atoms with Crippen molar-refractivity contribution in [3.63, 3.8) is 0 Å². The van der Waals surface area contributed by atoms with Crippen molar-refractivity contribution in [2.75, 3.05) is 5.32 Å². The molecule has 0 aliphatic heterocycles. The highest BCUT2D eigenvalue weighted by Crippen LogP contribution is 2.21. The van der Waals surface area contributed by atoms with Crippen molar-refractivity contribution in [3.05, 3.63) is 68.2 Å². The lowest BCUT2D eigenvalue weighted by molar-refractivity contribution is -0.384. The van der Waals surface area contributed by atoms with Gasteiger partial charge in [-0.1, -0.05) is 28.1 Å². The molecule has 0 saturated heterocycles. The lowest BCUT2D eigenvalue weighted by Gasteiger charge is -2.09. The lowest BCUT2D eigenvalue weighted by atomic mass is 10.1. The van der Waals surface area contributed by atoms with E-state index in [1.54, 1.807) is 12.1 Å². The Hall–Kier alpha value is -1.88. The lowest BCUT2D eigenvalue weighted by Crippen LogP contribution is -2.01. The molecule has 0 unspecified atom stereocenters. The van der Waals surface area contributed by atoms with E-state index in [-0.39, 0.29) is 5.69 Å². The summed E-state index contributed by atoms with van der Waals surface area (Å²) in [5, 5.41) is 13.9. The number of halogens is 1. The summed E-state index contributed by atoms with van der Waals surface area (Å²) in [6.45, 7) is 2.67. The predicted octanol–water partition coefficient (Wildman–Crippen LogP) is 4.28. The molecule has 2 aromatic carbocycles. The molecule has 1 N–H and O–H groups in total. The zero-order chi connectivity index (χ0) is 13.8. The molecule has 0 aliphatic rings. The number of nitro groups is 1. The Bertz CT molecular complexity index is 597. The van der Waals surface area contributed by atoms with Gasteiger partial charge in [-0.15, -0.1) is 0 Å². The maximum absolute atomic E-state index is 10.6. The zero-order valence-corrected chi connectivity index (χ0v) is 12.0. The van der Waals surface area contributed by atoms with Crippen LogP contribution in [0.1, 0.15) is 11.1 Å². The summed E-state index contributed by atoms with van der Waals surface area (Å²) in [6.07, 6.45) is 0. The van der Waals surface area contributed by atoms with Crippen LogP contribution in [0.25, 0.3) is 0 Å². The Morgan fingerprint density at radius 2 is 1.89 bits per heavy atom. The summed E-state index contributed by atoms with van der Waals surface area (Å²) in [5.74, 6) is 0. The highest BCUT2D eigenvalue weighted by atomic mass is 79.9. The molecule has 0 atom stereocenters. The van der Waals surface area contributed by atoms with Crippen LogP contribution in [0.3, 0.4) is 0 Å². The first-order valence-electron chi connectivity index (χ1n) is 5.79. The monoisotopic (exact) mass is 320 g/mol. The SMILES string of the molecule is Cc1cc(Br)ccc1NCc1ccc([N+](=O)[O-])cc1. The van der Waals surface area contributed by atoms with Crippen molar-refractivity contribution in [2.45, 2.75) is 13.5 Å². The van der Waals surface area contributed by atoms with Crippen molar-refractivity contribution in [1.82, 2.24) is 0 Å². The van der Waals surface area contributed by atoms with E-state index in [4.69, 9.17) is 0 Å². The number of non-ortho nitro benzene ring substituents is 1. The van der Waals surface area contributed by atoms with E-state index in [2.05, 4.69) is 21.2 Å². The smallest absolute Gasteiger partial charge is 0.269 e. The van der Waals surface area contributed by atoms with Gasteiger partial charge in [-0.3, -0.25) is 10.1 Å². The second kappa shape index (κ2) is 5.84. The van der Waals surface area contributed by atoms with Crippen molar-refractivity contribution >= 4 is 27.3 Å². The first-order valence-corrected chi connectivity index (χ1v) is 6.59. The summed E-state index contributed by atoms with van der Waals surface area (Å²) in [4.78, 5) is 10.2. The fourth-order valence-corrected chi connectivity index (χ4v) is 2.23. The number of anilines is 1. The molecule has 98 valence electrons. The van der Waals surface area contributed by atoms with Crippen molar-refractivity contribution in [3.8, 4) is 0 Å². The number of nitrogens with zero attached hydrogens (tertiary/aromatic N) is 1. The van der Waals surface area contributed by atoms with E-state index < -0.39 is 4.92 Å². The molecular weight excluding hydrogens is 308 g/mol. The van der Waals surface area contributed by atoms with Gasteiger partial charge >= 0.3 is 0 Å². The molecule has 0 fully saturated rings. The molecule has 2 rings (SSSR count). The minimum absolute atomic E-state index is 0.114. The third-order valence-corrected chi connectivity index (χ3v) is 3.31. The number of nitro benzene ring substituents is 1. The molecule has 19 heavy (non-hydrogen) atoms. The summed E-state index contributed by atoms with van der Waals surface area (Å²) >= 11 is 3.42. The third-order valence-electron chi connectivity index (χ3n) is 2.82. The maximum Gasteiger partial charge on any atom is 0.269 e. The number of hydrogen-bond donors (Lipinski definition) is 1. The number of aryl methyl sites for hydroxylation is 1. The van der Waals surface area contributed by atoms with Crippen LogP contribution < -0.4 is 5.32 Å². The van der Waals surface area contributed by atoms with Gasteiger partial charge < -0.3 is 5.32 Å². The van der Waals surface area contributed by atoms with Gasteiger partial charge in [0.05, 0.1) is 4.92 Å². The molecule has 4 nitrogen and oxygen atoms in total. The second-order valence-electron chi connectivity index (χ2n) is 4.24. The molecule has 0 aliphatic carbocycles. The molecular formula is C14H13BrN2O2. The number of hydrogen-bond acceptors (Lipinski definition) is 3. The first-order chi connectivity index (χ1) is 9.06. The van der Waals surface area contributed by atoms with Crippen molar-refractivity contribution in [2.24, 2.45) is 0 Å². The molecule has 0 bridgehead atoms. The van der Waals surface area contributed by atoms with Gasteiger partial charge in [0, 0.05) is 28.8 Å². The molecule has 2 aromatic rings. The Morgan fingerprint density at radius 1 is 1.21 bits per heavy atom. The van der Waals surface area contributed by atoms with Crippen LogP contribution in [0.5, 0.6) is 0 Å². The zero-order valence-electron chi connectivity index (χ0n) is 10.4. The van der Waals surface area contributed by atoms with Crippen LogP contribution in [0.4, 0.5) is 11.4 Å². The summed E-state index contributed by atoms with van der Waals surface area (Å²) in [5.41, 5.74) is 3.33. The molecule has 0 saturated carbocycles. The number of nitrogens with one attached hydrogen (secondary N) is 1. The molecule has 0 amide bonds.